The largest absolute Gasteiger partial charge is 0.444 e. The van der Waals surface area contributed by atoms with E-state index in [1.54, 1.807) is 55.9 Å². The minimum Gasteiger partial charge on any atom is -0.444 e. The number of ether oxygens (including phenoxy) is 1. The first kappa shape index (κ1) is 62.3. The summed E-state index contributed by atoms with van der Waals surface area (Å²) in [6, 6.07) is 3.23. The standard InChI is InChI=1S/C56H53N15O11S6/c1-8-29(43(74)58-15-24(3)72)60-44(75)34-20-85-52(65-34)38-23-86-51(67-38)31-13-12-28-41(59-31)33-18-87-53(62-33)40(26(5)82-55(80)71-16-27-11-10-14-57-32(27)17-71)69-46(77)36-22-88-54(66-36)42(56(6,7)81)70-47(78)37-21-84-50(64-37)30(9-2)61-48(79)39(25(4)73)68-45(76)35-19-83-49(28)63-35/h8-14,18-23,25-26,39-40,42,73,81H,15-17H2,1-7H3,(H,58,74)(H,60,75)(H,61,79)(H,68,76)(H,69,77)(H,70,78)/b29-8-,30-9-. The topological polar surface area (TPSA) is 365 Å². The van der Waals surface area contributed by atoms with Gasteiger partial charge in [0.05, 0.1) is 48.4 Å². The van der Waals surface area contributed by atoms with Gasteiger partial charge in [-0.2, -0.15) is 0 Å². The van der Waals surface area contributed by atoms with Gasteiger partial charge in [-0.05, 0) is 72.2 Å². The molecule has 26 nitrogen and oxygen atoms in total. The fraction of sp³-hybridized carbons (Fsp3) is 0.286. The number of amides is 7. The molecule has 88 heavy (non-hydrogen) atoms. The summed E-state index contributed by atoms with van der Waals surface area (Å²) in [7, 11) is 0. The van der Waals surface area contributed by atoms with Crippen LogP contribution in [0.2, 0.25) is 0 Å². The van der Waals surface area contributed by atoms with Crippen LogP contribution in [0.4, 0.5) is 4.79 Å². The second-order valence-electron chi connectivity index (χ2n) is 20.4. The van der Waals surface area contributed by atoms with Crippen molar-refractivity contribution >= 4 is 121 Å². The van der Waals surface area contributed by atoms with E-state index in [1.165, 1.54) is 77.6 Å². The lowest BCUT2D eigenvalue weighted by Gasteiger charge is -2.28. The summed E-state index contributed by atoms with van der Waals surface area (Å²) in [4.78, 5) is 147. The van der Waals surface area contributed by atoms with Gasteiger partial charge < -0.3 is 46.9 Å². The number of hydrogen-bond acceptors (Lipinski definition) is 25. The molecule has 2 aliphatic heterocycles. The number of aliphatic hydroxyl groups excluding tert-OH is 1. The number of allylic oxidation sites excluding steroid dienone is 2. The van der Waals surface area contributed by atoms with Crippen LogP contribution in [-0.4, -0.2) is 133 Å². The summed E-state index contributed by atoms with van der Waals surface area (Å²) in [6.45, 7) is 10.6. The van der Waals surface area contributed by atoms with Crippen molar-refractivity contribution in [2.45, 2.75) is 97.5 Å². The fourth-order valence-electron chi connectivity index (χ4n) is 8.80. The van der Waals surface area contributed by atoms with Crippen molar-refractivity contribution in [1.29, 1.82) is 0 Å². The molecule has 7 amide bonds. The molecule has 0 radical (unpaired) electrons. The predicted octanol–water partition coefficient (Wildman–Crippen LogP) is 6.45. The SMILES string of the molecule is C/C=C(\NC(=O)c1csc(-c2csc(-c3ccc4c(n3)-c3csc(n3)C(C(C)OC(=O)N3Cc5cccnc5C3)NC(=O)c3csc(n3)C(C(C)(C)O)NC(=O)c3csc(n3)/C(=C/C)NC(=O)C(C(C)O)NC(=O)c3csc-4n3)n2)n1)C(=O)NCC(C)=O. The molecule has 8 N–H and O–H groups in total. The van der Waals surface area contributed by atoms with Crippen molar-refractivity contribution in [3.05, 3.63) is 130 Å². The molecule has 0 spiro atoms. The second kappa shape index (κ2) is 26.3. The van der Waals surface area contributed by atoms with Crippen LogP contribution in [0.25, 0.3) is 49.1 Å². The molecule has 454 valence electrons. The van der Waals surface area contributed by atoms with Crippen molar-refractivity contribution in [3.63, 3.8) is 0 Å². The van der Waals surface area contributed by atoms with Gasteiger partial charge in [-0.3, -0.25) is 43.4 Å². The zero-order chi connectivity index (χ0) is 62.7. The van der Waals surface area contributed by atoms with Gasteiger partial charge in [-0.15, -0.1) is 68.0 Å². The Kier molecular flexibility index (Phi) is 18.6. The Morgan fingerprint density at radius 3 is 2.05 bits per heavy atom. The molecule has 5 unspecified atom stereocenters. The molecular weight excluding hydrogens is 1250 g/mol. The summed E-state index contributed by atoms with van der Waals surface area (Å²) in [5.41, 5.74) is 1.41. The van der Waals surface area contributed by atoms with Crippen LogP contribution in [0.5, 0.6) is 0 Å². The van der Waals surface area contributed by atoms with E-state index in [1.807, 2.05) is 6.07 Å². The Hall–Kier alpha value is -8.76. The maximum Gasteiger partial charge on any atom is 0.410 e. The van der Waals surface area contributed by atoms with E-state index >= 15 is 0 Å². The van der Waals surface area contributed by atoms with Crippen molar-refractivity contribution in [2.24, 2.45) is 0 Å². The van der Waals surface area contributed by atoms with Crippen LogP contribution in [0, 0.1) is 0 Å². The van der Waals surface area contributed by atoms with Gasteiger partial charge in [-0.1, -0.05) is 18.2 Å². The molecule has 32 heteroatoms. The molecule has 0 aliphatic carbocycles. The molecule has 8 bridgehead atoms. The number of aliphatic hydroxyl groups is 2. The van der Waals surface area contributed by atoms with Crippen molar-refractivity contribution in [2.75, 3.05) is 6.54 Å². The highest BCUT2D eigenvalue weighted by molar-refractivity contribution is 7.15. The number of thiazole rings is 6. The third kappa shape index (κ3) is 13.8. The van der Waals surface area contributed by atoms with Crippen LogP contribution in [0.15, 0.2) is 80.6 Å². The molecule has 5 atom stereocenters. The molecule has 2 aliphatic rings. The Morgan fingerprint density at radius 1 is 0.727 bits per heavy atom. The van der Waals surface area contributed by atoms with Crippen LogP contribution in [0.3, 0.4) is 0 Å². The van der Waals surface area contributed by atoms with Gasteiger partial charge in [0, 0.05) is 44.0 Å². The van der Waals surface area contributed by atoms with Gasteiger partial charge in [-0.25, -0.2) is 39.7 Å². The van der Waals surface area contributed by atoms with E-state index in [2.05, 4.69) is 56.8 Å². The summed E-state index contributed by atoms with van der Waals surface area (Å²) < 4.78 is 6.12. The Balaban J connectivity index is 1.03. The number of fused-ring (bicyclic) bond motifs is 12. The van der Waals surface area contributed by atoms with Gasteiger partial charge in [0.1, 0.15) is 106 Å². The molecule has 10 rings (SSSR count). The first-order chi connectivity index (χ1) is 42.0. The maximum atomic E-state index is 14.6. The molecule has 0 saturated heterocycles. The number of nitrogens with one attached hydrogen (secondary N) is 6. The van der Waals surface area contributed by atoms with Gasteiger partial charge in [0.15, 0.2) is 0 Å². The van der Waals surface area contributed by atoms with E-state index in [0.717, 1.165) is 62.2 Å². The maximum absolute atomic E-state index is 14.6. The molecule has 10 heterocycles. The minimum absolute atomic E-state index is 0.00895. The Labute approximate surface area is 524 Å². The number of Topliss-reactive ketones (excluding diaryl/α,β-unsaturated/α-hetero) is 1. The van der Waals surface area contributed by atoms with Gasteiger partial charge in [0.25, 0.3) is 29.5 Å². The van der Waals surface area contributed by atoms with Crippen molar-refractivity contribution in [3.8, 4) is 43.4 Å². The minimum atomic E-state index is -1.64. The zero-order valence-corrected chi connectivity index (χ0v) is 52.5. The zero-order valence-electron chi connectivity index (χ0n) is 47.6. The van der Waals surface area contributed by atoms with Gasteiger partial charge in [0.2, 0.25) is 5.91 Å². The van der Waals surface area contributed by atoms with Crippen LogP contribution in [-0.2, 0) is 32.2 Å². The molecule has 8 aromatic rings. The van der Waals surface area contributed by atoms with Crippen molar-refractivity contribution < 1.29 is 53.3 Å². The first-order valence-electron chi connectivity index (χ1n) is 26.7. The van der Waals surface area contributed by atoms with E-state index < -0.39 is 77.5 Å². The molecule has 0 saturated carbocycles. The van der Waals surface area contributed by atoms with Crippen LogP contribution >= 0.6 is 68.0 Å². The summed E-state index contributed by atoms with van der Waals surface area (Å²) in [6.07, 6.45) is 1.38. The van der Waals surface area contributed by atoms with E-state index in [-0.39, 0.29) is 91.0 Å². The summed E-state index contributed by atoms with van der Waals surface area (Å²) in [5.74, 6) is -4.61. The molecule has 0 fully saturated rings. The number of pyridine rings is 2. The highest BCUT2D eigenvalue weighted by Gasteiger charge is 2.37. The molecular formula is C56H53N15O11S6. The first-order valence-corrected chi connectivity index (χ1v) is 32.0. The smallest absolute Gasteiger partial charge is 0.410 e. The van der Waals surface area contributed by atoms with Crippen LogP contribution in [0.1, 0.15) is 129 Å². The normalized spacial score (nSPS) is 17.8. The predicted molar refractivity (Wildman–Crippen MR) is 329 cm³/mol. The molecule has 0 aromatic carbocycles. The third-order valence-corrected chi connectivity index (χ3v) is 18.7. The Morgan fingerprint density at radius 2 is 1.34 bits per heavy atom. The van der Waals surface area contributed by atoms with Crippen LogP contribution < -0.4 is 31.9 Å². The van der Waals surface area contributed by atoms with Crippen molar-refractivity contribution in [1.82, 2.24) is 76.7 Å². The number of rotatable bonds is 11. The number of carbonyl (C=O) groups excluding carboxylic acids is 8. The number of aromatic nitrogens is 8. The average Bonchev–Trinajstić information content (AvgIpc) is 3.11. The highest BCUT2D eigenvalue weighted by Crippen LogP contribution is 2.39. The number of hydrogen-bond donors (Lipinski definition) is 8. The monoisotopic (exact) mass is 1300 g/mol. The lowest BCUT2D eigenvalue weighted by atomic mass is 9.99. The molecule has 8 aromatic heterocycles. The highest BCUT2D eigenvalue weighted by atomic mass is 32.1. The quantitative estimate of drug-likeness (QED) is 0.0645. The van der Waals surface area contributed by atoms with E-state index in [4.69, 9.17) is 19.7 Å². The Bertz CT molecular complexity index is 4090. The number of carbonyl (C=O) groups is 8. The number of nitrogens with zero attached hydrogens (tertiary/aromatic N) is 9. The second-order valence-corrected chi connectivity index (χ2v) is 25.6. The summed E-state index contributed by atoms with van der Waals surface area (Å²) >= 11 is 6.58. The van der Waals surface area contributed by atoms with E-state index in [9.17, 15) is 48.6 Å². The lowest BCUT2D eigenvalue weighted by Crippen LogP contribution is -2.52. The average molecular weight is 1300 g/mol. The fourth-order valence-corrected chi connectivity index (χ4v) is 14.0. The van der Waals surface area contributed by atoms with E-state index in [0.29, 0.717) is 32.7 Å². The van der Waals surface area contributed by atoms with Gasteiger partial charge >= 0.3 is 6.09 Å². The lowest BCUT2D eigenvalue weighted by molar-refractivity contribution is -0.124. The third-order valence-electron chi connectivity index (χ3n) is 13.4. The summed E-state index contributed by atoms with van der Waals surface area (Å²) in [5, 5.41) is 49.4. The number of ketones is 1.